The summed E-state index contributed by atoms with van der Waals surface area (Å²) in [7, 11) is 0. The topological polar surface area (TPSA) is 46.9 Å². The van der Waals surface area contributed by atoms with Gasteiger partial charge in [-0.25, -0.2) is 4.98 Å². The Morgan fingerprint density at radius 2 is 1.86 bits per heavy atom. The number of amides is 1. The lowest BCUT2D eigenvalue weighted by atomic mass is 10.1. The number of benzene rings is 3. The Morgan fingerprint density at radius 1 is 1.11 bits per heavy atom. The van der Waals surface area contributed by atoms with E-state index in [4.69, 9.17) is 11.6 Å². The lowest BCUT2D eigenvalue weighted by Crippen LogP contribution is -2.22. The summed E-state index contributed by atoms with van der Waals surface area (Å²) < 4.78 is 3.10. The van der Waals surface area contributed by atoms with Crippen molar-refractivity contribution < 1.29 is 4.79 Å². The highest BCUT2D eigenvalue weighted by molar-refractivity contribution is 9.10. The maximum atomic E-state index is 12.6. The first kappa shape index (κ1) is 18.7. The quantitative estimate of drug-likeness (QED) is 0.431. The van der Waals surface area contributed by atoms with Gasteiger partial charge in [-0.05, 0) is 61.0 Å². The molecule has 0 saturated heterocycles. The number of hydrogen-bond acceptors (Lipinski definition) is 2. The molecule has 1 aromatic heterocycles. The molecule has 0 fully saturated rings. The second-order valence-corrected chi connectivity index (χ2v) is 7.77. The average molecular weight is 455 g/mol. The number of fused-ring (bicyclic) bond motifs is 1. The van der Waals surface area contributed by atoms with Crippen LogP contribution >= 0.6 is 27.5 Å². The van der Waals surface area contributed by atoms with Gasteiger partial charge in [0, 0.05) is 27.3 Å². The van der Waals surface area contributed by atoms with Crippen molar-refractivity contribution in [1.29, 1.82) is 0 Å². The molecule has 0 aliphatic heterocycles. The van der Waals surface area contributed by atoms with E-state index in [0.717, 1.165) is 32.6 Å². The smallest absolute Gasteiger partial charge is 0.251 e. The van der Waals surface area contributed by atoms with Gasteiger partial charge in [0.2, 0.25) is 0 Å². The van der Waals surface area contributed by atoms with Gasteiger partial charge in [-0.15, -0.1) is 0 Å². The third-order valence-corrected chi connectivity index (χ3v) is 5.46. The Labute approximate surface area is 176 Å². The van der Waals surface area contributed by atoms with E-state index in [0.29, 0.717) is 17.1 Å². The monoisotopic (exact) mass is 453 g/mol. The fourth-order valence-corrected chi connectivity index (χ4v) is 3.64. The van der Waals surface area contributed by atoms with Gasteiger partial charge < -0.3 is 5.32 Å². The first-order valence-corrected chi connectivity index (χ1v) is 9.96. The molecule has 0 radical (unpaired) electrons. The van der Waals surface area contributed by atoms with Crippen LogP contribution < -0.4 is 5.32 Å². The maximum absolute atomic E-state index is 12.6. The first-order valence-electron chi connectivity index (χ1n) is 8.79. The summed E-state index contributed by atoms with van der Waals surface area (Å²) in [5, 5.41) is 3.56. The molecule has 28 heavy (non-hydrogen) atoms. The molecular formula is C22H17BrClN3O. The molecule has 0 atom stereocenters. The third-order valence-electron chi connectivity index (χ3n) is 4.57. The van der Waals surface area contributed by atoms with E-state index in [1.165, 1.54) is 0 Å². The molecule has 4 aromatic rings. The van der Waals surface area contributed by atoms with Crippen molar-refractivity contribution in [1.82, 2.24) is 14.9 Å². The van der Waals surface area contributed by atoms with Crippen LogP contribution in [0, 0.1) is 6.92 Å². The Bertz CT molecular complexity index is 1170. The van der Waals surface area contributed by atoms with Crippen molar-refractivity contribution in [2.45, 2.75) is 13.5 Å². The number of carbonyl (C=O) groups is 1. The van der Waals surface area contributed by atoms with Gasteiger partial charge in [0.25, 0.3) is 5.91 Å². The van der Waals surface area contributed by atoms with E-state index in [-0.39, 0.29) is 5.91 Å². The van der Waals surface area contributed by atoms with Crippen molar-refractivity contribution in [3.8, 4) is 5.69 Å². The number of nitrogens with zero attached hydrogens (tertiary/aromatic N) is 2. The second-order valence-electron chi connectivity index (χ2n) is 6.45. The standard InChI is InChI=1S/C22H17BrClN3O/c1-14-26-20-12-15(22(28)25-13-16-4-2-3-5-19(16)24)6-11-21(20)27(14)18-9-7-17(23)8-10-18/h2-12H,13H2,1H3,(H,25,28). The van der Waals surface area contributed by atoms with Crippen LogP contribution in [0.2, 0.25) is 5.02 Å². The molecule has 0 unspecified atom stereocenters. The molecule has 0 spiro atoms. The summed E-state index contributed by atoms with van der Waals surface area (Å²) in [6.45, 7) is 2.34. The molecule has 3 aromatic carbocycles. The molecule has 140 valence electrons. The molecule has 0 bridgehead atoms. The number of halogens is 2. The van der Waals surface area contributed by atoms with Crippen LogP contribution in [0.4, 0.5) is 0 Å². The molecule has 1 amide bonds. The molecule has 1 N–H and O–H groups in total. The SMILES string of the molecule is Cc1nc2cc(C(=O)NCc3ccccc3Cl)ccc2n1-c1ccc(Br)cc1. The van der Waals surface area contributed by atoms with E-state index in [2.05, 4.69) is 30.8 Å². The summed E-state index contributed by atoms with van der Waals surface area (Å²) in [6, 6.07) is 21.1. The van der Waals surface area contributed by atoms with E-state index >= 15 is 0 Å². The van der Waals surface area contributed by atoms with Crippen molar-refractivity contribution in [2.24, 2.45) is 0 Å². The average Bonchev–Trinajstić information content (AvgIpc) is 3.02. The van der Waals surface area contributed by atoms with Crippen LogP contribution in [0.3, 0.4) is 0 Å². The maximum Gasteiger partial charge on any atom is 0.251 e. The van der Waals surface area contributed by atoms with Gasteiger partial charge in [-0.3, -0.25) is 9.36 Å². The Morgan fingerprint density at radius 3 is 2.61 bits per heavy atom. The minimum atomic E-state index is -0.155. The lowest BCUT2D eigenvalue weighted by Gasteiger charge is -2.08. The predicted molar refractivity (Wildman–Crippen MR) is 116 cm³/mol. The van der Waals surface area contributed by atoms with Crippen LogP contribution in [-0.2, 0) is 6.54 Å². The molecule has 4 nitrogen and oxygen atoms in total. The van der Waals surface area contributed by atoms with Crippen molar-refractivity contribution in [3.63, 3.8) is 0 Å². The van der Waals surface area contributed by atoms with Gasteiger partial charge in [0.15, 0.2) is 0 Å². The van der Waals surface area contributed by atoms with E-state index < -0.39 is 0 Å². The van der Waals surface area contributed by atoms with Crippen molar-refractivity contribution in [2.75, 3.05) is 0 Å². The Hall–Kier alpha value is -2.63. The van der Waals surface area contributed by atoms with Gasteiger partial charge in [0.1, 0.15) is 5.82 Å². The molecule has 0 saturated carbocycles. The number of aromatic nitrogens is 2. The van der Waals surface area contributed by atoms with Crippen LogP contribution in [0.5, 0.6) is 0 Å². The van der Waals surface area contributed by atoms with E-state index in [9.17, 15) is 4.79 Å². The zero-order chi connectivity index (χ0) is 19.7. The van der Waals surface area contributed by atoms with Crippen molar-refractivity contribution >= 4 is 44.5 Å². The van der Waals surface area contributed by atoms with Crippen LogP contribution in [0.25, 0.3) is 16.7 Å². The number of carbonyl (C=O) groups excluding carboxylic acids is 1. The number of nitrogens with one attached hydrogen (secondary N) is 1. The van der Waals surface area contributed by atoms with Crippen LogP contribution in [0.15, 0.2) is 71.2 Å². The molecule has 6 heteroatoms. The zero-order valence-corrected chi connectivity index (χ0v) is 17.5. The minimum absolute atomic E-state index is 0.155. The Balaban J connectivity index is 1.61. The summed E-state index contributed by atoms with van der Waals surface area (Å²) in [5.74, 6) is 0.712. The first-order chi connectivity index (χ1) is 13.5. The lowest BCUT2D eigenvalue weighted by molar-refractivity contribution is 0.0951. The summed E-state index contributed by atoms with van der Waals surface area (Å²) >= 11 is 9.61. The number of rotatable bonds is 4. The van der Waals surface area contributed by atoms with E-state index in [1.807, 2.05) is 73.7 Å². The highest BCUT2D eigenvalue weighted by Crippen LogP contribution is 2.24. The van der Waals surface area contributed by atoms with Gasteiger partial charge in [-0.2, -0.15) is 0 Å². The molecule has 1 heterocycles. The van der Waals surface area contributed by atoms with Crippen molar-refractivity contribution in [3.05, 3.63) is 93.2 Å². The normalized spacial score (nSPS) is 11.0. The molecule has 4 rings (SSSR count). The third kappa shape index (κ3) is 3.68. The summed E-state index contributed by atoms with van der Waals surface area (Å²) in [4.78, 5) is 17.2. The number of imidazole rings is 1. The van der Waals surface area contributed by atoms with Crippen LogP contribution in [0.1, 0.15) is 21.7 Å². The largest absolute Gasteiger partial charge is 0.348 e. The van der Waals surface area contributed by atoms with E-state index in [1.54, 1.807) is 0 Å². The number of hydrogen-bond donors (Lipinski definition) is 1. The summed E-state index contributed by atoms with van der Waals surface area (Å²) in [6.07, 6.45) is 0. The minimum Gasteiger partial charge on any atom is -0.348 e. The Kier molecular flexibility index (Phi) is 5.20. The second kappa shape index (κ2) is 7.78. The fourth-order valence-electron chi connectivity index (χ4n) is 3.18. The number of aryl methyl sites for hydroxylation is 1. The van der Waals surface area contributed by atoms with Gasteiger partial charge in [-0.1, -0.05) is 45.7 Å². The molecule has 0 aliphatic carbocycles. The highest BCUT2D eigenvalue weighted by Gasteiger charge is 2.13. The molecule has 0 aliphatic rings. The predicted octanol–water partition coefficient (Wildman–Crippen LogP) is 5.68. The summed E-state index contributed by atoms with van der Waals surface area (Å²) in [5.41, 5.74) is 4.22. The van der Waals surface area contributed by atoms with Crippen LogP contribution in [-0.4, -0.2) is 15.5 Å². The van der Waals surface area contributed by atoms with Gasteiger partial charge >= 0.3 is 0 Å². The highest BCUT2D eigenvalue weighted by atomic mass is 79.9. The zero-order valence-electron chi connectivity index (χ0n) is 15.1. The molecular weight excluding hydrogens is 438 g/mol. The van der Waals surface area contributed by atoms with Gasteiger partial charge in [0.05, 0.1) is 11.0 Å². The fraction of sp³-hybridized carbons (Fsp3) is 0.0909.